The van der Waals surface area contributed by atoms with Gasteiger partial charge in [-0.2, -0.15) is 0 Å². The molecule has 3 amide bonds. The fourth-order valence-electron chi connectivity index (χ4n) is 2.18. The fraction of sp³-hybridized carbons (Fsp3) is 0.733. The summed E-state index contributed by atoms with van der Waals surface area (Å²) in [7, 11) is 3.39. The molecule has 0 aliphatic heterocycles. The fourth-order valence-corrected chi connectivity index (χ4v) is 2.18. The molecular formula is C15H27B2N3O5Y. The molecule has 0 atom stereocenters. The zero-order valence-electron chi connectivity index (χ0n) is 15.9. The van der Waals surface area contributed by atoms with Gasteiger partial charge in [-0.1, -0.05) is 20.6 Å². The van der Waals surface area contributed by atoms with Gasteiger partial charge < -0.3 is 20.2 Å². The van der Waals surface area contributed by atoms with Crippen molar-refractivity contribution < 1.29 is 57.0 Å². The number of aliphatic carboxylic acids is 1. The second-order valence-electron chi connectivity index (χ2n) is 5.60. The summed E-state index contributed by atoms with van der Waals surface area (Å²) in [5.74, 6) is -1.85. The molecule has 3 radical (unpaired) electrons. The van der Waals surface area contributed by atoms with E-state index in [4.69, 9.17) is 5.11 Å². The summed E-state index contributed by atoms with van der Waals surface area (Å²) in [4.78, 5) is 49.3. The van der Waals surface area contributed by atoms with Gasteiger partial charge in [0.15, 0.2) is 0 Å². The minimum absolute atomic E-state index is 0. The molecule has 2 N–H and O–H groups in total. The Morgan fingerprint density at radius 3 is 1.85 bits per heavy atom. The normalized spacial score (nSPS) is 9.50. The predicted molar refractivity (Wildman–Crippen MR) is 96.9 cm³/mol. The molecular weight excluding hydrogens is 413 g/mol. The minimum Gasteiger partial charge on any atom is -0.480 e. The first-order valence-electron chi connectivity index (χ1n) is 8.45. The largest absolute Gasteiger partial charge is 0.480 e. The zero-order chi connectivity index (χ0) is 19.2. The Labute approximate surface area is 182 Å². The Bertz CT molecular complexity index is 469. The van der Waals surface area contributed by atoms with Crippen LogP contribution in [0, 0.1) is 0 Å². The summed E-state index contributed by atoms with van der Waals surface area (Å²) in [6.45, 7) is 5.70. The molecule has 0 aromatic heterocycles. The van der Waals surface area contributed by atoms with E-state index < -0.39 is 12.5 Å². The molecule has 0 saturated carbocycles. The molecule has 8 nitrogen and oxygen atoms in total. The first kappa shape index (κ1) is 27.3. The average Bonchev–Trinajstić information content (AvgIpc) is 2.53. The Balaban J connectivity index is 0. The predicted octanol–water partition coefficient (Wildman–Crippen LogP) is -0.407. The SMILES string of the molecule is C[B]CC(=O)N(CCNC(=O)CN(CCC)C(=O)C[B]C)CC(=O)O.[Y]. The van der Waals surface area contributed by atoms with Crippen LogP contribution >= 0.6 is 0 Å². The third-order valence-electron chi connectivity index (χ3n) is 3.32. The van der Waals surface area contributed by atoms with Crippen molar-refractivity contribution in [3.63, 3.8) is 0 Å². The first-order valence-corrected chi connectivity index (χ1v) is 8.45. The van der Waals surface area contributed by atoms with Gasteiger partial charge in [0.05, 0.1) is 6.54 Å². The van der Waals surface area contributed by atoms with Crippen LogP contribution in [-0.2, 0) is 51.9 Å². The Hall–Kier alpha value is -0.886. The van der Waals surface area contributed by atoms with Crippen LogP contribution in [0.5, 0.6) is 0 Å². The van der Waals surface area contributed by atoms with Crippen LogP contribution in [0.4, 0.5) is 0 Å². The number of amides is 3. The topological polar surface area (TPSA) is 107 Å². The maximum atomic E-state index is 12.0. The molecule has 0 heterocycles. The van der Waals surface area contributed by atoms with Crippen LogP contribution in [0.25, 0.3) is 0 Å². The Kier molecular flexibility index (Phi) is 17.1. The van der Waals surface area contributed by atoms with Crippen LogP contribution in [0.3, 0.4) is 0 Å². The van der Waals surface area contributed by atoms with Crippen molar-refractivity contribution >= 4 is 38.2 Å². The standard InChI is InChI=1S/C15H27B2N3O5.Y/c1-4-6-19(13(22)8-16-2)10-12(21)18-5-7-20(11-15(24)25)14(23)9-17-3;/h4-11H2,1-3H3,(H,18,21)(H,24,25);. The molecule has 141 valence electrons. The number of nitrogens with one attached hydrogen (secondary N) is 1. The summed E-state index contributed by atoms with van der Waals surface area (Å²) in [5, 5.41) is 11.5. The third kappa shape index (κ3) is 12.5. The zero-order valence-corrected chi connectivity index (χ0v) is 18.7. The molecule has 26 heavy (non-hydrogen) atoms. The molecule has 0 rings (SSSR count). The Morgan fingerprint density at radius 2 is 1.42 bits per heavy atom. The van der Waals surface area contributed by atoms with Crippen molar-refractivity contribution in [2.75, 3.05) is 32.7 Å². The van der Waals surface area contributed by atoms with Gasteiger partial charge >= 0.3 is 5.97 Å². The molecule has 0 aromatic carbocycles. The summed E-state index contributed by atoms with van der Waals surface area (Å²) in [6, 6.07) is 0. The van der Waals surface area contributed by atoms with Crippen LogP contribution in [0.15, 0.2) is 0 Å². The van der Waals surface area contributed by atoms with E-state index in [1.165, 1.54) is 9.80 Å². The van der Waals surface area contributed by atoms with E-state index >= 15 is 0 Å². The van der Waals surface area contributed by atoms with Gasteiger partial charge in [-0.25, -0.2) is 0 Å². The van der Waals surface area contributed by atoms with E-state index in [0.717, 1.165) is 6.42 Å². The number of carbonyl (C=O) groups is 4. The van der Waals surface area contributed by atoms with E-state index in [0.29, 0.717) is 6.54 Å². The van der Waals surface area contributed by atoms with Crippen LogP contribution in [0.1, 0.15) is 13.3 Å². The molecule has 0 fully saturated rings. The van der Waals surface area contributed by atoms with Gasteiger partial charge in [-0.05, 0) is 19.1 Å². The monoisotopic (exact) mass is 440 g/mol. The second-order valence-corrected chi connectivity index (χ2v) is 5.60. The Morgan fingerprint density at radius 1 is 0.923 bits per heavy atom. The van der Waals surface area contributed by atoms with E-state index in [2.05, 4.69) is 5.32 Å². The van der Waals surface area contributed by atoms with Gasteiger partial charge in [-0.3, -0.25) is 19.2 Å². The number of carboxylic acid groups (broad SMARTS) is 1. The quantitative estimate of drug-likeness (QED) is 0.379. The van der Waals surface area contributed by atoms with Crippen molar-refractivity contribution in [3.05, 3.63) is 0 Å². The van der Waals surface area contributed by atoms with Crippen molar-refractivity contribution in [2.45, 2.75) is 39.6 Å². The molecule has 0 saturated heterocycles. The summed E-state index contributed by atoms with van der Waals surface area (Å²) >= 11 is 0. The third-order valence-corrected chi connectivity index (χ3v) is 3.32. The summed E-state index contributed by atoms with van der Waals surface area (Å²) < 4.78 is 0. The summed E-state index contributed by atoms with van der Waals surface area (Å²) in [6.07, 6.45) is 1.17. The molecule has 0 bridgehead atoms. The van der Waals surface area contributed by atoms with Crippen molar-refractivity contribution in [1.82, 2.24) is 15.1 Å². The maximum absolute atomic E-state index is 12.0. The van der Waals surface area contributed by atoms with E-state index in [1.54, 1.807) is 28.2 Å². The van der Waals surface area contributed by atoms with E-state index in [9.17, 15) is 19.2 Å². The van der Waals surface area contributed by atoms with Crippen molar-refractivity contribution in [1.29, 1.82) is 0 Å². The minimum atomic E-state index is -1.11. The van der Waals surface area contributed by atoms with Gasteiger partial charge in [0, 0.05) is 52.3 Å². The van der Waals surface area contributed by atoms with Crippen molar-refractivity contribution in [3.8, 4) is 0 Å². The van der Waals surface area contributed by atoms with Gasteiger partial charge in [0.1, 0.15) is 21.1 Å². The second kappa shape index (κ2) is 16.3. The van der Waals surface area contributed by atoms with Crippen LogP contribution in [0.2, 0.25) is 26.3 Å². The number of hydrogen-bond donors (Lipinski definition) is 2. The summed E-state index contributed by atoms with van der Waals surface area (Å²) in [5.41, 5.74) is 0. The smallest absolute Gasteiger partial charge is 0.323 e. The molecule has 11 heteroatoms. The van der Waals surface area contributed by atoms with Crippen LogP contribution < -0.4 is 5.32 Å². The van der Waals surface area contributed by atoms with Gasteiger partial charge in [0.2, 0.25) is 17.7 Å². The first-order chi connectivity index (χ1) is 11.8. The van der Waals surface area contributed by atoms with Gasteiger partial charge in [0.25, 0.3) is 0 Å². The number of hydrogen-bond acceptors (Lipinski definition) is 4. The number of carboxylic acids is 1. The maximum Gasteiger partial charge on any atom is 0.323 e. The molecule has 0 aliphatic carbocycles. The molecule has 0 aromatic rings. The number of rotatable bonds is 13. The molecule has 0 aliphatic rings. The van der Waals surface area contributed by atoms with Crippen molar-refractivity contribution in [2.24, 2.45) is 0 Å². The molecule has 0 unspecified atom stereocenters. The molecule has 0 spiro atoms. The number of nitrogens with zero attached hydrogens (tertiary/aromatic N) is 2. The van der Waals surface area contributed by atoms with E-state index in [1.807, 2.05) is 6.92 Å². The average molecular weight is 440 g/mol. The van der Waals surface area contributed by atoms with Crippen LogP contribution in [-0.4, -0.2) is 85.9 Å². The number of carbonyl (C=O) groups excluding carboxylic acids is 3. The van der Waals surface area contributed by atoms with Gasteiger partial charge in [-0.15, -0.1) is 0 Å². The van der Waals surface area contributed by atoms with E-state index in [-0.39, 0.29) is 82.7 Å².